The van der Waals surface area contributed by atoms with Gasteiger partial charge in [0, 0.05) is 12.7 Å². The zero-order valence-corrected chi connectivity index (χ0v) is 12.6. The molecule has 0 unspecified atom stereocenters. The average molecular weight is 324 g/mol. The lowest BCUT2D eigenvalue weighted by atomic mass is 10.2. The summed E-state index contributed by atoms with van der Waals surface area (Å²) in [5, 5.41) is 4.66. The quantitative estimate of drug-likeness (QED) is 0.793. The van der Waals surface area contributed by atoms with Crippen LogP contribution in [0, 0.1) is 5.92 Å². The minimum absolute atomic E-state index is 0.0441. The zero-order valence-electron chi connectivity index (χ0n) is 11.8. The van der Waals surface area contributed by atoms with E-state index in [0.29, 0.717) is 12.5 Å². The fourth-order valence-electron chi connectivity index (χ4n) is 2.36. The predicted molar refractivity (Wildman–Crippen MR) is 76.0 cm³/mol. The predicted octanol–water partition coefficient (Wildman–Crippen LogP) is -0.619. The number of amides is 2. The van der Waals surface area contributed by atoms with Gasteiger partial charge in [-0.05, 0) is 30.9 Å². The SMILES string of the molecule is NS(=O)(=O)c1ccc(C(=O)N2CC(=O)N(CC3CC3)C2)cn1. The number of hydrogen-bond acceptors (Lipinski definition) is 5. The Bertz CT molecular complexity index is 712. The maximum atomic E-state index is 12.3. The van der Waals surface area contributed by atoms with Gasteiger partial charge in [-0.3, -0.25) is 9.59 Å². The van der Waals surface area contributed by atoms with Crippen molar-refractivity contribution in [3.05, 3.63) is 23.9 Å². The van der Waals surface area contributed by atoms with Gasteiger partial charge in [0.2, 0.25) is 5.91 Å². The Morgan fingerprint density at radius 3 is 2.64 bits per heavy atom. The third-order valence-electron chi connectivity index (χ3n) is 3.76. The molecular weight excluding hydrogens is 308 g/mol. The van der Waals surface area contributed by atoms with E-state index >= 15 is 0 Å². The number of nitrogens with zero attached hydrogens (tertiary/aromatic N) is 3. The van der Waals surface area contributed by atoms with Gasteiger partial charge >= 0.3 is 0 Å². The number of nitrogens with two attached hydrogens (primary N) is 1. The summed E-state index contributed by atoms with van der Waals surface area (Å²) in [6.07, 6.45) is 3.43. The molecule has 1 aromatic rings. The molecule has 118 valence electrons. The fourth-order valence-corrected chi connectivity index (χ4v) is 2.82. The van der Waals surface area contributed by atoms with Crippen molar-refractivity contribution in [2.75, 3.05) is 19.8 Å². The number of rotatable bonds is 4. The Morgan fingerprint density at radius 2 is 2.09 bits per heavy atom. The molecule has 0 aromatic carbocycles. The summed E-state index contributed by atoms with van der Waals surface area (Å²) >= 11 is 0. The van der Waals surface area contributed by atoms with Gasteiger partial charge in [-0.25, -0.2) is 18.5 Å². The lowest BCUT2D eigenvalue weighted by molar-refractivity contribution is -0.126. The Balaban J connectivity index is 1.70. The Labute approximate surface area is 128 Å². The second-order valence-electron chi connectivity index (χ2n) is 5.63. The molecule has 2 fully saturated rings. The molecule has 3 rings (SSSR count). The maximum Gasteiger partial charge on any atom is 0.257 e. The molecular formula is C13H16N4O4S. The van der Waals surface area contributed by atoms with Gasteiger partial charge in [0.05, 0.1) is 12.2 Å². The molecule has 1 aromatic heterocycles. The van der Waals surface area contributed by atoms with Crippen LogP contribution in [-0.2, 0) is 14.8 Å². The van der Waals surface area contributed by atoms with Crippen LogP contribution >= 0.6 is 0 Å². The number of aromatic nitrogens is 1. The number of sulfonamides is 1. The molecule has 2 N–H and O–H groups in total. The van der Waals surface area contributed by atoms with E-state index in [4.69, 9.17) is 5.14 Å². The molecule has 0 radical (unpaired) electrons. The molecule has 1 aliphatic carbocycles. The van der Waals surface area contributed by atoms with E-state index in [2.05, 4.69) is 4.98 Å². The number of carbonyl (C=O) groups excluding carboxylic acids is 2. The lowest BCUT2D eigenvalue weighted by Gasteiger charge is -2.17. The van der Waals surface area contributed by atoms with Gasteiger partial charge in [0.25, 0.3) is 15.9 Å². The molecule has 0 spiro atoms. The largest absolute Gasteiger partial charge is 0.323 e. The molecule has 1 saturated carbocycles. The van der Waals surface area contributed by atoms with Crippen molar-refractivity contribution in [1.82, 2.24) is 14.8 Å². The van der Waals surface area contributed by atoms with E-state index in [-0.39, 0.29) is 35.6 Å². The van der Waals surface area contributed by atoms with E-state index in [9.17, 15) is 18.0 Å². The van der Waals surface area contributed by atoms with Gasteiger partial charge in [-0.15, -0.1) is 0 Å². The molecule has 2 heterocycles. The first-order valence-corrected chi connectivity index (χ1v) is 8.45. The fraction of sp³-hybridized carbons (Fsp3) is 0.462. The first-order valence-electron chi connectivity index (χ1n) is 6.90. The molecule has 0 bridgehead atoms. The van der Waals surface area contributed by atoms with Gasteiger partial charge in [0.1, 0.15) is 6.54 Å². The third kappa shape index (κ3) is 3.09. The number of hydrogen-bond donors (Lipinski definition) is 1. The molecule has 2 amide bonds. The summed E-state index contributed by atoms with van der Waals surface area (Å²) in [6, 6.07) is 2.53. The van der Waals surface area contributed by atoms with Gasteiger partial charge in [-0.1, -0.05) is 0 Å². The Morgan fingerprint density at radius 1 is 1.36 bits per heavy atom. The van der Waals surface area contributed by atoms with Crippen LogP contribution in [0.3, 0.4) is 0 Å². The highest BCUT2D eigenvalue weighted by molar-refractivity contribution is 7.89. The first-order chi connectivity index (χ1) is 10.3. The highest BCUT2D eigenvalue weighted by atomic mass is 32.2. The van der Waals surface area contributed by atoms with Crippen molar-refractivity contribution in [3.63, 3.8) is 0 Å². The molecule has 8 nitrogen and oxygen atoms in total. The minimum atomic E-state index is -3.89. The highest BCUT2D eigenvalue weighted by Gasteiger charge is 2.35. The standard InChI is InChI=1S/C13H16N4O4S/c14-22(20,21)11-4-3-10(5-15-11)13(19)17-7-12(18)16(8-17)6-9-1-2-9/h3-5,9H,1-2,6-8H2,(H2,14,20,21). The van der Waals surface area contributed by atoms with E-state index in [1.807, 2.05) is 0 Å². The topological polar surface area (TPSA) is 114 Å². The van der Waals surface area contributed by atoms with Gasteiger partial charge in [0.15, 0.2) is 5.03 Å². The van der Waals surface area contributed by atoms with Crippen LogP contribution in [0.2, 0.25) is 0 Å². The second-order valence-corrected chi connectivity index (χ2v) is 7.14. The average Bonchev–Trinajstić information content (AvgIpc) is 3.21. The monoisotopic (exact) mass is 324 g/mol. The van der Waals surface area contributed by atoms with E-state index < -0.39 is 10.0 Å². The van der Waals surface area contributed by atoms with Crippen LogP contribution in [0.25, 0.3) is 0 Å². The molecule has 2 aliphatic rings. The molecule has 1 aliphatic heterocycles. The number of carbonyl (C=O) groups is 2. The number of pyridine rings is 1. The summed E-state index contributed by atoms with van der Waals surface area (Å²) in [7, 11) is -3.89. The van der Waals surface area contributed by atoms with E-state index in [1.54, 1.807) is 4.90 Å². The van der Waals surface area contributed by atoms with Crippen molar-refractivity contribution in [2.45, 2.75) is 17.9 Å². The smallest absolute Gasteiger partial charge is 0.257 e. The third-order valence-corrected chi connectivity index (χ3v) is 4.58. The van der Waals surface area contributed by atoms with Crippen LogP contribution in [0.4, 0.5) is 0 Å². The van der Waals surface area contributed by atoms with Crippen LogP contribution in [0.15, 0.2) is 23.4 Å². The Hall–Kier alpha value is -2.00. The van der Waals surface area contributed by atoms with Crippen LogP contribution in [0.5, 0.6) is 0 Å². The summed E-state index contributed by atoms with van der Waals surface area (Å²) in [5.74, 6) is 0.157. The summed E-state index contributed by atoms with van der Waals surface area (Å²) in [6.45, 7) is 1.01. The molecule has 22 heavy (non-hydrogen) atoms. The van der Waals surface area contributed by atoms with Gasteiger partial charge in [-0.2, -0.15) is 0 Å². The maximum absolute atomic E-state index is 12.3. The van der Waals surface area contributed by atoms with Gasteiger partial charge < -0.3 is 9.80 Å². The van der Waals surface area contributed by atoms with E-state index in [0.717, 1.165) is 19.0 Å². The van der Waals surface area contributed by atoms with Crippen molar-refractivity contribution >= 4 is 21.8 Å². The van der Waals surface area contributed by atoms with Crippen LogP contribution < -0.4 is 5.14 Å². The second kappa shape index (κ2) is 5.33. The first kappa shape index (κ1) is 14.9. The lowest BCUT2D eigenvalue weighted by Crippen LogP contribution is -2.32. The van der Waals surface area contributed by atoms with Crippen LogP contribution in [0.1, 0.15) is 23.2 Å². The minimum Gasteiger partial charge on any atom is -0.323 e. The van der Waals surface area contributed by atoms with E-state index in [1.165, 1.54) is 17.0 Å². The summed E-state index contributed by atoms with van der Waals surface area (Å²) in [4.78, 5) is 31.0. The molecule has 1 saturated heterocycles. The van der Waals surface area contributed by atoms with Crippen molar-refractivity contribution in [3.8, 4) is 0 Å². The molecule has 0 atom stereocenters. The van der Waals surface area contributed by atoms with Crippen molar-refractivity contribution in [1.29, 1.82) is 0 Å². The van der Waals surface area contributed by atoms with Crippen LogP contribution in [-0.4, -0.2) is 54.8 Å². The Kier molecular flexibility index (Phi) is 3.61. The van der Waals surface area contributed by atoms with Crippen molar-refractivity contribution in [2.24, 2.45) is 11.1 Å². The number of primary sulfonamides is 1. The highest BCUT2D eigenvalue weighted by Crippen LogP contribution is 2.30. The molecule has 9 heteroatoms. The zero-order chi connectivity index (χ0) is 15.9. The summed E-state index contributed by atoms with van der Waals surface area (Å²) < 4.78 is 22.3. The summed E-state index contributed by atoms with van der Waals surface area (Å²) in [5.41, 5.74) is 0.230. The van der Waals surface area contributed by atoms with Crippen molar-refractivity contribution < 1.29 is 18.0 Å². The normalized spacial score (nSPS) is 18.9.